The number of benzene rings is 3. The van der Waals surface area contributed by atoms with Crippen molar-refractivity contribution in [3.63, 3.8) is 0 Å². The van der Waals surface area contributed by atoms with E-state index in [0.717, 1.165) is 11.1 Å². The van der Waals surface area contributed by atoms with Crippen LogP contribution in [0.25, 0.3) is 5.70 Å². The highest BCUT2D eigenvalue weighted by atomic mass is 35.5. The SMILES string of the molecule is COc1ccc(C2=C[C@@H](c3ccc(Cl)cc3)N(S(=O)(=O)c3ccccc3)N2)cc1OC. The van der Waals surface area contributed by atoms with Gasteiger partial charge in [0.1, 0.15) is 0 Å². The van der Waals surface area contributed by atoms with Crippen LogP contribution in [-0.4, -0.2) is 27.1 Å². The number of ether oxygens (including phenoxy) is 2. The first-order valence-electron chi connectivity index (χ1n) is 9.50. The van der Waals surface area contributed by atoms with Crippen LogP contribution in [0.4, 0.5) is 0 Å². The van der Waals surface area contributed by atoms with E-state index in [1.165, 1.54) is 4.41 Å². The average Bonchev–Trinajstić information content (AvgIpc) is 3.26. The monoisotopic (exact) mass is 456 g/mol. The minimum absolute atomic E-state index is 0.198. The fourth-order valence-electron chi connectivity index (χ4n) is 3.42. The van der Waals surface area contributed by atoms with Crippen molar-refractivity contribution in [2.45, 2.75) is 10.9 Å². The van der Waals surface area contributed by atoms with E-state index < -0.39 is 16.1 Å². The van der Waals surface area contributed by atoms with Crippen molar-refractivity contribution in [3.05, 3.63) is 95.0 Å². The Morgan fingerprint density at radius 3 is 2.23 bits per heavy atom. The van der Waals surface area contributed by atoms with Crippen molar-refractivity contribution in [2.75, 3.05) is 14.2 Å². The van der Waals surface area contributed by atoms with Gasteiger partial charge in [0.15, 0.2) is 11.5 Å². The van der Waals surface area contributed by atoms with E-state index in [-0.39, 0.29) is 4.90 Å². The van der Waals surface area contributed by atoms with Gasteiger partial charge in [-0.05, 0) is 54.1 Å². The summed E-state index contributed by atoms with van der Waals surface area (Å²) in [6.45, 7) is 0. The number of nitrogens with zero attached hydrogens (tertiary/aromatic N) is 1. The molecule has 0 saturated carbocycles. The van der Waals surface area contributed by atoms with E-state index in [2.05, 4.69) is 5.43 Å². The summed E-state index contributed by atoms with van der Waals surface area (Å²) in [5, 5.41) is 0.580. The lowest BCUT2D eigenvalue weighted by Gasteiger charge is -2.25. The lowest BCUT2D eigenvalue weighted by Crippen LogP contribution is -2.39. The Balaban J connectivity index is 1.79. The molecule has 3 aromatic rings. The second kappa shape index (κ2) is 8.63. The highest BCUT2D eigenvalue weighted by Gasteiger charge is 2.37. The van der Waals surface area contributed by atoms with Crippen molar-refractivity contribution in [2.24, 2.45) is 0 Å². The molecule has 0 unspecified atom stereocenters. The van der Waals surface area contributed by atoms with Gasteiger partial charge in [-0.2, -0.15) is 0 Å². The van der Waals surface area contributed by atoms with Gasteiger partial charge in [-0.15, -0.1) is 4.41 Å². The lowest BCUT2D eigenvalue weighted by atomic mass is 10.1. The number of rotatable bonds is 6. The minimum atomic E-state index is -3.83. The topological polar surface area (TPSA) is 67.9 Å². The van der Waals surface area contributed by atoms with E-state index in [1.807, 2.05) is 24.3 Å². The van der Waals surface area contributed by atoms with Crippen LogP contribution in [0.1, 0.15) is 17.2 Å². The smallest absolute Gasteiger partial charge is 0.260 e. The number of halogens is 1. The Morgan fingerprint density at radius 2 is 1.58 bits per heavy atom. The van der Waals surface area contributed by atoms with Crippen molar-refractivity contribution in [1.82, 2.24) is 9.84 Å². The molecule has 1 aliphatic rings. The second-order valence-electron chi connectivity index (χ2n) is 6.87. The molecular weight excluding hydrogens is 436 g/mol. The predicted octanol–water partition coefficient (Wildman–Crippen LogP) is 4.65. The van der Waals surface area contributed by atoms with Crippen LogP contribution in [0.15, 0.2) is 83.8 Å². The van der Waals surface area contributed by atoms with Gasteiger partial charge >= 0.3 is 0 Å². The van der Waals surface area contributed by atoms with Crippen molar-refractivity contribution >= 4 is 27.3 Å². The van der Waals surface area contributed by atoms with Crippen molar-refractivity contribution in [1.29, 1.82) is 0 Å². The van der Waals surface area contributed by atoms with Crippen LogP contribution in [0.5, 0.6) is 11.5 Å². The third kappa shape index (κ3) is 4.12. The molecule has 0 fully saturated rings. The summed E-state index contributed by atoms with van der Waals surface area (Å²) < 4.78 is 38.9. The normalized spacial score (nSPS) is 16.5. The summed E-state index contributed by atoms with van der Waals surface area (Å²) in [6.07, 6.45) is 1.87. The Labute approximate surface area is 186 Å². The van der Waals surface area contributed by atoms with Crippen molar-refractivity contribution in [3.8, 4) is 11.5 Å². The first kappa shape index (κ1) is 21.2. The van der Waals surface area contributed by atoms with Gasteiger partial charge in [0.2, 0.25) is 0 Å². The molecule has 6 nitrogen and oxygen atoms in total. The van der Waals surface area contributed by atoms with E-state index >= 15 is 0 Å². The largest absolute Gasteiger partial charge is 0.493 e. The van der Waals surface area contributed by atoms with Gasteiger partial charge in [-0.3, -0.25) is 0 Å². The summed E-state index contributed by atoms with van der Waals surface area (Å²) in [5.41, 5.74) is 5.26. The molecule has 0 aliphatic carbocycles. The molecule has 4 rings (SSSR count). The van der Waals surface area contributed by atoms with Gasteiger partial charge < -0.3 is 14.9 Å². The van der Waals surface area contributed by atoms with E-state index in [1.54, 1.807) is 68.8 Å². The fraction of sp³-hybridized carbons (Fsp3) is 0.130. The third-order valence-electron chi connectivity index (χ3n) is 5.01. The summed E-state index contributed by atoms with van der Waals surface area (Å²) >= 11 is 6.04. The third-order valence-corrected chi connectivity index (χ3v) is 6.97. The fourth-order valence-corrected chi connectivity index (χ4v) is 4.98. The molecule has 31 heavy (non-hydrogen) atoms. The minimum Gasteiger partial charge on any atom is -0.493 e. The zero-order valence-electron chi connectivity index (χ0n) is 16.9. The zero-order valence-corrected chi connectivity index (χ0v) is 18.5. The van der Waals surface area contributed by atoms with E-state index in [4.69, 9.17) is 21.1 Å². The summed E-state index contributed by atoms with van der Waals surface area (Å²) in [6, 6.07) is 20.3. The zero-order chi connectivity index (χ0) is 22.0. The summed E-state index contributed by atoms with van der Waals surface area (Å²) in [5.74, 6) is 1.14. The summed E-state index contributed by atoms with van der Waals surface area (Å²) in [7, 11) is -0.713. The molecule has 0 bridgehead atoms. The highest BCUT2D eigenvalue weighted by Crippen LogP contribution is 2.37. The standard InChI is InChI=1S/C23H21ClN2O4S/c1-29-22-13-10-17(14-23(22)30-2)20-15-21(16-8-11-18(24)12-9-16)26(25-20)31(27,28)19-6-4-3-5-7-19/h3-15,21,25H,1-2H3/t21-/m0/s1. The van der Waals surface area contributed by atoms with Crippen LogP contribution >= 0.6 is 11.6 Å². The van der Waals surface area contributed by atoms with Crippen LogP contribution in [0, 0.1) is 0 Å². The molecule has 1 N–H and O–H groups in total. The Bertz CT molecular complexity index is 1210. The Hall–Kier alpha value is -3.00. The molecule has 1 heterocycles. The molecular formula is C23H21ClN2O4S. The first-order valence-corrected chi connectivity index (χ1v) is 11.3. The quantitative estimate of drug-likeness (QED) is 0.584. The van der Waals surface area contributed by atoms with Gasteiger partial charge in [-0.1, -0.05) is 41.9 Å². The van der Waals surface area contributed by atoms with E-state index in [9.17, 15) is 8.42 Å². The van der Waals surface area contributed by atoms with Gasteiger partial charge in [0, 0.05) is 10.6 Å². The molecule has 1 atom stereocenters. The van der Waals surface area contributed by atoms with Crippen molar-refractivity contribution < 1.29 is 17.9 Å². The first-order chi connectivity index (χ1) is 14.9. The van der Waals surface area contributed by atoms with Gasteiger partial charge in [0.25, 0.3) is 10.0 Å². The maximum Gasteiger partial charge on any atom is 0.260 e. The van der Waals surface area contributed by atoms with Crippen LogP contribution in [0.2, 0.25) is 5.02 Å². The molecule has 0 saturated heterocycles. The molecule has 0 radical (unpaired) electrons. The van der Waals surface area contributed by atoms with Crippen LogP contribution in [-0.2, 0) is 10.0 Å². The predicted molar refractivity (Wildman–Crippen MR) is 120 cm³/mol. The maximum atomic E-state index is 13.4. The molecule has 1 aliphatic heterocycles. The molecule has 3 aromatic carbocycles. The number of sulfonamides is 1. The average molecular weight is 457 g/mol. The number of methoxy groups -OCH3 is 2. The Morgan fingerprint density at radius 1 is 0.903 bits per heavy atom. The maximum absolute atomic E-state index is 13.4. The van der Waals surface area contributed by atoms with Gasteiger partial charge in [-0.25, -0.2) is 8.42 Å². The molecule has 0 amide bonds. The molecule has 8 heteroatoms. The number of hydrazine groups is 1. The van der Waals surface area contributed by atoms with E-state index in [0.29, 0.717) is 22.2 Å². The number of hydrogen-bond acceptors (Lipinski definition) is 5. The molecule has 160 valence electrons. The Kier molecular flexibility index (Phi) is 5.91. The molecule has 0 spiro atoms. The lowest BCUT2D eigenvalue weighted by molar-refractivity contribution is 0.347. The van der Waals surface area contributed by atoms with Gasteiger partial charge in [0.05, 0.1) is 30.9 Å². The highest BCUT2D eigenvalue weighted by molar-refractivity contribution is 7.89. The number of hydrogen-bond donors (Lipinski definition) is 1. The van der Waals surface area contributed by atoms with Crippen LogP contribution < -0.4 is 14.9 Å². The summed E-state index contributed by atoms with van der Waals surface area (Å²) in [4.78, 5) is 0.198. The van der Waals surface area contributed by atoms with Crippen LogP contribution in [0.3, 0.4) is 0 Å². The second-order valence-corrected chi connectivity index (χ2v) is 9.12. The molecule has 0 aromatic heterocycles. The number of nitrogens with one attached hydrogen (secondary N) is 1.